The van der Waals surface area contributed by atoms with Crippen molar-refractivity contribution in [3.05, 3.63) is 85.2 Å². The second-order valence-electron chi connectivity index (χ2n) is 6.79. The van der Waals surface area contributed by atoms with Crippen LogP contribution in [0, 0.1) is 0 Å². The van der Waals surface area contributed by atoms with Crippen LogP contribution >= 0.6 is 0 Å². The van der Waals surface area contributed by atoms with Gasteiger partial charge in [0, 0.05) is 28.9 Å². The maximum atomic E-state index is 6.24. The van der Waals surface area contributed by atoms with Crippen molar-refractivity contribution in [1.82, 2.24) is 9.97 Å². The first-order valence-electron chi connectivity index (χ1n) is 9.21. The average Bonchev–Trinajstić information content (AvgIpc) is 3.33. The molecule has 0 saturated heterocycles. The van der Waals surface area contributed by atoms with Crippen molar-refractivity contribution in [1.29, 1.82) is 0 Å². The summed E-state index contributed by atoms with van der Waals surface area (Å²) in [6, 6.07) is 24.7. The molecule has 1 aliphatic heterocycles. The third-order valence-electron chi connectivity index (χ3n) is 5.20. The van der Waals surface area contributed by atoms with Gasteiger partial charge in [0.15, 0.2) is 17.2 Å². The Labute approximate surface area is 161 Å². The van der Waals surface area contributed by atoms with E-state index in [-0.39, 0.29) is 0 Å². The van der Waals surface area contributed by atoms with Gasteiger partial charge in [0.1, 0.15) is 12.3 Å². The van der Waals surface area contributed by atoms with Crippen LogP contribution in [0.3, 0.4) is 0 Å². The van der Waals surface area contributed by atoms with Gasteiger partial charge >= 0.3 is 0 Å². The van der Waals surface area contributed by atoms with Gasteiger partial charge in [-0.25, -0.2) is 9.97 Å². The first kappa shape index (κ1) is 15.2. The Morgan fingerprint density at radius 3 is 2.25 bits per heavy atom. The monoisotopic (exact) mass is 364 g/mol. The molecule has 0 N–H and O–H groups in total. The van der Waals surface area contributed by atoms with E-state index < -0.39 is 0 Å². The molecule has 5 heteroatoms. The molecule has 0 fully saturated rings. The molecule has 0 radical (unpaired) electrons. The summed E-state index contributed by atoms with van der Waals surface area (Å²) < 4.78 is 6.24. The fourth-order valence-corrected chi connectivity index (χ4v) is 3.93. The molecule has 5 aromatic rings. The second-order valence-corrected chi connectivity index (χ2v) is 6.79. The van der Waals surface area contributed by atoms with Crippen LogP contribution < -0.4 is 9.80 Å². The third kappa shape index (κ3) is 2.13. The summed E-state index contributed by atoms with van der Waals surface area (Å²) in [5.41, 5.74) is 3.84. The maximum Gasteiger partial charge on any atom is 0.178 e. The van der Waals surface area contributed by atoms with E-state index in [9.17, 15) is 0 Å². The smallest absolute Gasteiger partial charge is 0.178 e. The van der Waals surface area contributed by atoms with Crippen LogP contribution in [0.1, 0.15) is 0 Å². The number of para-hydroxylation sites is 3. The lowest BCUT2D eigenvalue weighted by Crippen LogP contribution is -2.24. The number of hydrogen-bond acceptors (Lipinski definition) is 5. The first-order chi connectivity index (χ1) is 13.9. The molecule has 0 spiro atoms. The minimum Gasteiger partial charge on any atom is -0.454 e. The van der Waals surface area contributed by atoms with E-state index in [2.05, 4.69) is 56.2 Å². The summed E-state index contributed by atoms with van der Waals surface area (Å²) in [4.78, 5) is 13.6. The summed E-state index contributed by atoms with van der Waals surface area (Å²) in [5.74, 6) is 1.68. The van der Waals surface area contributed by atoms with Crippen molar-refractivity contribution in [2.45, 2.75) is 0 Å². The highest BCUT2D eigenvalue weighted by Gasteiger charge is 2.32. The van der Waals surface area contributed by atoms with E-state index in [0.717, 1.165) is 44.9 Å². The molecule has 0 amide bonds. The molecule has 2 aromatic heterocycles. The summed E-state index contributed by atoms with van der Waals surface area (Å²) in [6.07, 6.45) is 3.47. The number of furan rings is 1. The van der Waals surface area contributed by atoms with Gasteiger partial charge < -0.3 is 14.2 Å². The van der Waals surface area contributed by atoms with Gasteiger partial charge in [-0.1, -0.05) is 48.5 Å². The third-order valence-corrected chi connectivity index (χ3v) is 5.20. The quantitative estimate of drug-likeness (QED) is 0.407. The summed E-state index contributed by atoms with van der Waals surface area (Å²) in [5, 5.41) is 2.23. The molecule has 0 atom stereocenters. The van der Waals surface area contributed by atoms with Gasteiger partial charge in [0.2, 0.25) is 0 Å². The highest BCUT2D eigenvalue weighted by molar-refractivity contribution is 6.09. The van der Waals surface area contributed by atoms with Gasteiger partial charge in [-0.05, 0) is 24.3 Å². The van der Waals surface area contributed by atoms with Crippen LogP contribution in [-0.4, -0.2) is 16.6 Å². The zero-order chi connectivity index (χ0) is 18.5. The number of fused-ring (bicyclic) bond motifs is 4. The van der Waals surface area contributed by atoms with Crippen LogP contribution in [0.25, 0.3) is 21.9 Å². The molecule has 0 bridgehead atoms. The number of nitrogens with zero attached hydrogens (tertiary/aromatic N) is 4. The van der Waals surface area contributed by atoms with Gasteiger partial charge in [-0.2, -0.15) is 0 Å². The highest BCUT2D eigenvalue weighted by atomic mass is 16.3. The van der Waals surface area contributed by atoms with Gasteiger partial charge in [0.05, 0.1) is 5.69 Å². The van der Waals surface area contributed by atoms with Crippen molar-refractivity contribution < 1.29 is 4.42 Å². The fourth-order valence-electron chi connectivity index (χ4n) is 3.93. The van der Waals surface area contributed by atoms with Crippen molar-refractivity contribution in [2.75, 3.05) is 16.5 Å². The van der Waals surface area contributed by atoms with Crippen molar-refractivity contribution in [3.8, 4) is 0 Å². The van der Waals surface area contributed by atoms with E-state index in [0.29, 0.717) is 6.67 Å². The van der Waals surface area contributed by atoms with Gasteiger partial charge in [0.25, 0.3) is 0 Å². The fraction of sp³-hybridized carbons (Fsp3) is 0.0435. The number of rotatable bonds is 2. The SMILES string of the molecule is c1ccc(N2CN(c3cccc4c3oc3ccccc34)c3nccnc32)cc1. The number of benzene rings is 3. The number of anilines is 4. The lowest BCUT2D eigenvalue weighted by atomic mass is 10.1. The Bertz CT molecular complexity index is 1310. The second kappa shape index (κ2) is 5.82. The topological polar surface area (TPSA) is 45.4 Å². The minimum absolute atomic E-state index is 0.625. The zero-order valence-electron chi connectivity index (χ0n) is 15.0. The average molecular weight is 364 g/mol. The van der Waals surface area contributed by atoms with Crippen molar-refractivity contribution >= 4 is 44.9 Å². The molecule has 6 rings (SSSR count). The molecule has 0 aliphatic carbocycles. The standard InChI is InChI=1S/C23H16N4O/c1-2-7-16(8-3-1)26-15-27(23-22(26)24-13-14-25-23)19-11-6-10-18-17-9-4-5-12-20(17)28-21(18)19/h1-14H,15H2. The lowest BCUT2D eigenvalue weighted by molar-refractivity contribution is 0.668. The Hall–Kier alpha value is -3.86. The number of hydrogen-bond donors (Lipinski definition) is 0. The summed E-state index contributed by atoms with van der Waals surface area (Å²) >= 11 is 0. The van der Waals surface area contributed by atoms with E-state index in [1.54, 1.807) is 12.4 Å². The molecular formula is C23H16N4O. The maximum absolute atomic E-state index is 6.24. The van der Waals surface area contributed by atoms with Crippen LogP contribution in [0.15, 0.2) is 89.6 Å². The highest BCUT2D eigenvalue weighted by Crippen LogP contribution is 2.44. The van der Waals surface area contributed by atoms with Crippen LogP contribution in [-0.2, 0) is 0 Å². The van der Waals surface area contributed by atoms with E-state index in [1.165, 1.54) is 0 Å². The van der Waals surface area contributed by atoms with Crippen LogP contribution in [0.2, 0.25) is 0 Å². The molecule has 5 nitrogen and oxygen atoms in total. The largest absolute Gasteiger partial charge is 0.454 e. The van der Waals surface area contributed by atoms with Gasteiger partial charge in [-0.3, -0.25) is 0 Å². The molecule has 0 unspecified atom stereocenters. The molecule has 3 heterocycles. The Kier molecular flexibility index (Phi) is 3.17. The van der Waals surface area contributed by atoms with E-state index >= 15 is 0 Å². The lowest BCUT2D eigenvalue weighted by Gasteiger charge is -2.21. The molecule has 134 valence electrons. The minimum atomic E-state index is 0.625. The molecule has 28 heavy (non-hydrogen) atoms. The zero-order valence-corrected chi connectivity index (χ0v) is 15.0. The predicted octanol–water partition coefficient (Wildman–Crippen LogP) is 5.62. The van der Waals surface area contributed by atoms with Crippen molar-refractivity contribution in [2.24, 2.45) is 0 Å². The first-order valence-corrected chi connectivity index (χ1v) is 9.21. The normalized spacial score (nSPS) is 13.4. The van der Waals surface area contributed by atoms with E-state index in [1.807, 2.05) is 36.4 Å². The van der Waals surface area contributed by atoms with E-state index in [4.69, 9.17) is 4.42 Å². The molecular weight excluding hydrogens is 348 g/mol. The van der Waals surface area contributed by atoms with Crippen LogP contribution in [0.4, 0.5) is 23.0 Å². The van der Waals surface area contributed by atoms with Crippen LogP contribution in [0.5, 0.6) is 0 Å². The molecule has 1 aliphatic rings. The Balaban J connectivity index is 1.56. The molecule has 0 saturated carbocycles. The summed E-state index contributed by atoms with van der Waals surface area (Å²) in [7, 11) is 0. The van der Waals surface area contributed by atoms with Gasteiger partial charge in [-0.15, -0.1) is 0 Å². The Morgan fingerprint density at radius 2 is 1.39 bits per heavy atom. The molecule has 3 aromatic carbocycles. The van der Waals surface area contributed by atoms with Crippen molar-refractivity contribution in [3.63, 3.8) is 0 Å². The summed E-state index contributed by atoms with van der Waals surface area (Å²) in [6.45, 7) is 0.625. The predicted molar refractivity (Wildman–Crippen MR) is 111 cm³/mol. The Morgan fingerprint density at radius 1 is 0.679 bits per heavy atom. The number of aromatic nitrogens is 2.